The second-order valence-electron chi connectivity index (χ2n) is 6.54. The van der Waals surface area contributed by atoms with Crippen LogP contribution in [-0.2, 0) is 0 Å². The number of rotatable bonds is 3. The Morgan fingerprint density at radius 2 is 1.96 bits per heavy atom. The zero-order valence-corrected chi connectivity index (χ0v) is 15.1. The fourth-order valence-electron chi connectivity index (χ4n) is 3.06. The first-order chi connectivity index (χ1) is 11.5. The summed E-state index contributed by atoms with van der Waals surface area (Å²) < 4.78 is 0. The van der Waals surface area contributed by atoms with E-state index in [1.165, 1.54) is 24.2 Å². The van der Waals surface area contributed by atoms with E-state index in [4.69, 9.17) is 0 Å². The molecule has 0 saturated carbocycles. The SMILES string of the molecule is Cc1cc(C)cc(NC(=O)Nc2nnc(N3CCC[C@H](C)C3)s2)c1. The Bertz CT molecular complexity index is 709. The van der Waals surface area contributed by atoms with Crippen LogP contribution in [0.1, 0.15) is 30.9 Å². The number of anilines is 3. The number of benzene rings is 1. The molecule has 3 rings (SSSR count). The number of hydrogen-bond donors (Lipinski definition) is 2. The molecule has 7 heteroatoms. The second-order valence-corrected chi connectivity index (χ2v) is 7.49. The third-order valence-corrected chi connectivity index (χ3v) is 4.94. The average molecular weight is 345 g/mol. The lowest BCUT2D eigenvalue weighted by atomic mass is 10.0. The van der Waals surface area contributed by atoms with Gasteiger partial charge in [-0.3, -0.25) is 5.32 Å². The molecule has 0 unspecified atom stereocenters. The maximum Gasteiger partial charge on any atom is 0.325 e. The van der Waals surface area contributed by atoms with Crippen LogP contribution in [0.5, 0.6) is 0 Å². The summed E-state index contributed by atoms with van der Waals surface area (Å²) >= 11 is 1.42. The van der Waals surface area contributed by atoms with Gasteiger partial charge in [0.25, 0.3) is 0 Å². The Hall–Kier alpha value is -2.15. The van der Waals surface area contributed by atoms with Crippen molar-refractivity contribution in [1.82, 2.24) is 10.2 Å². The van der Waals surface area contributed by atoms with Crippen LogP contribution in [0.3, 0.4) is 0 Å². The topological polar surface area (TPSA) is 70.1 Å². The number of nitrogens with zero attached hydrogens (tertiary/aromatic N) is 3. The van der Waals surface area contributed by atoms with Gasteiger partial charge in [-0.2, -0.15) is 0 Å². The molecule has 1 aromatic carbocycles. The van der Waals surface area contributed by atoms with Crippen LogP contribution in [0.4, 0.5) is 20.7 Å². The number of aryl methyl sites for hydroxylation is 2. The maximum absolute atomic E-state index is 12.1. The van der Waals surface area contributed by atoms with Crippen molar-refractivity contribution >= 4 is 33.3 Å². The first-order valence-electron chi connectivity index (χ1n) is 8.24. The standard InChI is InChI=1S/C17H23N5OS/c1-11-5-4-6-22(10-11)17-21-20-16(24-17)19-15(23)18-14-8-12(2)7-13(3)9-14/h7-9,11H,4-6,10H2,1-3H3,(H2,18,19,20,23)/t11-/m0/s1. The van der Waals surface area contributed by atoms with Crippen LogP contribution < -0.4 is 15.5 Å². The van der Waals surface area contributed by atoms with E-state index in [1.54, 1.807) is 0 Å². The van der Waals surface area contributed by atoms with Crippen LogP contribution in [-0.4, -0.2) is 29.3 Å². The van der Waals surface area contributed by atoms with Crippen molar-refractivity contribution in [2.75, 3.05) is 28.6 Å². The quantitative estimate of drug-likeness (QED) is 0.881. The molecular formula is C17H23N5OS. The minimum Gasteiger partial charge on any atom is -0.346 e. The Morgan fingerprint density at radius 1 is 1.21 bits per heavy atom. The summed E-state index contributed by atoms with van der Waals surface area (Å²) in [7, 11) is 0. The molecule has 2 aromatic rings. The van der Waals surface area contributed by atoms with E-state index in [9.17, 15) is 4.79 Å². The van der Waals surface area contributed by atoms with E-state index in [1.807, 2.05) is 26.0 Å². The lowest BCUT2D eigenvalue weighted by Gasteiger charge is -2.29. The van der Waals surface area contributed by atoms with Gasteiger partial charge < -0.3 is 10.2 Å². The molecule has 2 amide bonds. The van der Waals surface area contributed by atoms with Crippen LogP contribution in [0.25, 0.3) is 0 Å². The predicted octanol–water partition coefficient (Wildman–Crippen LogP) is 4.04. The zero-order chi connectivity index (χ0) is 17.1. The summed E-state index contributed by atoms with van der Waals surface area (Å²) in [5, 5.41) is 15.3. The van der Waals surface area contributed by atoms with Gasteiger partial charge in [-0.25, -0.2) is 4.79 Å². The van der Waals surface area contributed by atoms with E-state index >= 15 is 0 Å². The summed E-state index contributed by atoms with van der Waals surface area (Å²) in [5.41, 5.74) is 3.00. The van der Waals surface area contributed by atoms with Crippen LogP contribution in [0, 0.1) is 19.8 Å². The van der Waals surface area contributed by atoms with Crippen molar-refractivity contribution in [2.24, 2.45) is 5.92 Å². The smallest absolute Gasteiger partial charge is 0.325 e. The van der Waals surface area contributed by atoms with Gasteiger partial charge in [-0.05, 0) is 55.9 Å². The largest absolute Gasteiger partial charge is 0.346 e. The fraction of sp³-hybridized carbons (Fsp3) is 0.471. The second kappa shape index (κ2) is 7.17. The Morgan fingerprint density at radius 3 is 2.67 bits per heavy atom. The lowest BCUT2D eigenvalue weighted by molar-refractivity contribution is 0.262. The Labute approximate surface area is 146 Å². The number of nitrogens with one attached hydrogen (secondary N) is 2. The summed E-state index contributed by atoms with van der Waals surface area (Å²) in [5.74, 6) is 0.673. The first kappa shape index (κ1) is 16.7. The van der Waals surface area contributed by atoms with Gasteiger partial charge >= 0.3 is 6.03 Å². The number of urea groups is 1. The Kier molecular flexibility index (Phi) is 4.99. The first-order valence-corrected chi connectivity index (χ1v) is 9.06. The van der Waals surface area contributed by atoms with E-state index < -0.39 is 0 Å². The van der Waals surface area contributed by atoms with Gasteiger partial charge in [0.05, 0.1) is 0 Å². The number of piperidine rings is 1. The predicted molar refractivity (Wildman–Crippen MR) is 99.1 cm³/mol. The average Bonchev–Trinajstić information content (AvgIpc) is 2.94. The fourth-order valence-corrected chi connectivity index (χ4v) is 3.84. The van der Waals surface area contributed by atoms with Crippen molar-refractivity contribution in [2.45, 2.75) is 33.6 Å². The van der Waals surface area contributed by atoms with Crippen molar-refractivity contribution in [3.8, 4) is 0 Å². The highest BCUT2D eigenvalue weighted by Gasteiger charge is 2.20. The van der Waals surface area contributed by atoms with E-state index in [0.717, 1.165) is 35.0 Å². The molecule has 0 aliphatic carbocycles. The highest BCUT2D eigenvalue weighted by Crippen LogP contribution is 2.28. The van der Waals surface area contributed by atoms with Gasteiger partial charge in [0, 0.05) is 18.8 Å². The van der Waals surface area contributed by atoms with Crippen molar-refractivity contribution < 1.29 is 4.79 Å². The van der Waals surface area contributed by atoms with Gasteiger partial charge in [0.2, 0.25) is 10.3 Å². The minimum absolute atomic E-state index is 0.297. The van der Waals surface area contributed by atoms with Crippen molar-refractivity contribution in [3.05, 3.63) is 29.3 Å². The minimum atomic E-state index is -0.297. The maximum atomic E-state index is 12.1. The number of amides is 2. The van der Waals surface area contributed by atoms with Crippen LogP contribution in [0.15, 0.2) is 18.2 Å². The molecule has 2 N–H and O–H groups in total. The molecular weight excluding hydrogens is 322 g/mol. The number of carbonyl (C=O) groups excluding carboxylic acids is 1. The molecule has 1 aromatic heterocycles. The number of hydrogen-bond acceptors (Lipinski definition) is 5. The molecule has 1 saturated heterocycles. The molecule has 128 valence electrons. The molecule has 1 fully saturated rings. The highest BCUT2D eigenvalue weighted by molar-refractivity contribution is 7.19. The van der Waals surface area contributed by atoms with Gasteiger partial charge in [-0.1, -0.05) is 24.3 Å². The summed E-state index contributed by atoms with van der Waals surface area (Å²) in [6.45, 7) is 8.28. The lowest BCUT2D eigenvalue weighted by Crippen LogP contribution is -2.34. The van der Waals surface area contributed by atoms with Gasteiger partial charge in [0.1, 0.15) is 0 Å². The third kappa shape index (κ3) is 4.23. The van der Waals surface area contributed by atoms with Crippen LogP contribution in [0.2, 0.25) is 0 Å². The molecule has 1 atom stereocenters. The molecule has 24 heavy (non-hydrogen) atoms. The van der Waals surface area contributed by atoms with Crippen LogP contribution >= 0.6 is 11.3 Å². The molecule has 0 radical (unpaired) electrons. The summed E-state index contributed by atoms with van der Waals surface area (Å²) in [6.07, 6.45) is 2.44. The summed E-state index contributed by atoms with van der Waals surface area (Å²) in [4.78, 5) is 14.4. The monoisotopic (exact) mass is 345 g/mol. The van der Waals surface area contributed by atoms with E-state index in [2.05, 4.69) is 38.7 Å². The molecule has 6 nitrogen and oxygen atoms in total. The number of aromatic nitrogens is 2. The highest BCUT2D eigenvalue weighted by atomic mass is 32.1. The van der Waals surface area contributed by atoms with Crippen molar-refractivity contribution in [3.63, 3.8) is 0 Å². The molecule has 0 bridgehead atoms. The third-order valence-electron chi connectivity index (χ3n) is 4.04. The Balaban J connectivity index is 1.60. The van der Waals surface area contributed by atoms with E-state index in [0.29, 0.717) is 11.0 Å². The molecule has 0 spiro atoms. The molecule has 2 heterocycles. The van der Waals surface area contributed by atoms with Crippen molar-refractivity contribution in [1.29, 1.82) is 0 Å². The normalized spacial score (nSPS) is 17.6. The molecule has 1 aliphatic heterocycles. The zero-order valence-electron chi connectivity index (χ0n) is 14.3. The van der Waals surface area contributed by atoms with Gasteiger partial charge in [-0.15, -0.1) is 10.2 Å². The van der Waals surface area contributed by atoms with E-state index in [-0.39, 0.29) is 6.03 Å². The molecule has 1 aliphatic rings. The number of carbonyl (C=O) groups is 1. The summed E-state index contributed by atoms with van der Waals surface area (Å²) in [6, 6.07) is 5.65. The van der Waals surface area contributed by atoms with Gasteiger partial charge in [0.15, 0.2) is 0 Å².